The fourth-order valence-electron chi connectivity index (χ4n) is 3.88. The molecule has 1 aliphatic heterocycles. The number of amides is 1. The Bertz CT molecular complexity index is 1430. The van der Waals surface area contributed by atoms with Crippen LogP contribution in [-0.4, -0.2) is 21.8 Å². The fourth-order valence-corrected chi connectivity index (χ4v) is 5.38. The molecule has 1 aromatic heterocycles. The predicted octanol–water partition coefficient (Wildman–Crippen LogP) is 6.54. The number of thiazole rings is 1. The second-order valence-electron chi connectivity index (χ2n) is 7.67. The highest BCUT2D eigenvalue weighted by Gasteiger charge is 2.48. The van der Waals surface area contributed by atoms with E-state index in [-0.39, 0.29) is 16.4 Å². The van der Waals surface area contributed by atoms with Crippen molar-refractivity contribution in [3.8, 4) is 0 Å². The van der Waals surface area contributed by atoms with Gasteiger partial charge in [0.25, 0.3) is 5.78 Å². The lowest BCUT2D eigenvalue weighted by atomic mass is 9.95. The number of nitrogens with zero attached hydrogens (tertiary/aromatic N) is 2. The molecule has 0 radical (unpaired) electrons. The van der Waals surface area contributed by atoms with Gasteiger partial charge in [0, 0.05) is 15.6 Å². The van der Waals surface area contributed by atoms with Crippen molar-refractivity contribution in [1.82, 2.24) is 4.98 Å². The maximum absolute atomic E-state index is 13.3. The lowest BCUT2D eigenvalue weighted by Crippen LogP contribution is -2.29. The summed E-state index contributed by atoms with van der Waals surface area (Å²) in [5.41, 5.74) is 2.55. The Labute approximate surface area is 203 Å². The van der Waals surface area contributed by atoms with Crippen LogP contribution in [0.25, 0.3) is 16.0 Å². The van der Waals surface area contributed by atoms with Crippen molar-refractivity contribution in [2.24, 2.45) is 0 Å². The Morgan fingerprint density at radius 1 is 1.03 bits per heavy atom. The highest BCUT2D eigenvalue weighted by molar-refractivity contribution is 7.22. The second kappa shape index (κ2) is 8.30. The summed E-state index contributed by atoms with van der Waals surface area (Å²) >= 11 is 13.9. The molecule has 1 N–H and O–H groups in total. The lowest BCUT2D eigenvalue weighted by Gasteiger charge is -2.24. The summed E-state index contributed by atoms with van der Waals surface area (Å²) in [6.07, 6.45) is 0. The quantitative estimate of drug-likeness (QED) is 0.199. The van der Waals surface area contributed by atoms with Crippen molar-refractivity contribution in [2.45, 2.75) is 13.0 Å². The molecule has 8 heteroatoms. The zero-order chi connectivity index (χ0) is 23.3. The first-order chi connectivity index (χ1) is 15.8. The molecular formula is C25H16Cl2N2O3S. The monoisotopic (exact) mass is 494 g/mol. The minimum Gasteiger partial charge on any atom is -0.507 e. The van der Waals surface area contributed by atoms with Gasteiger partial charge in [-0.3, -0.25) is 14.5 Å². The van der Waals surface area contributed by atoms with Crippen molar-refractivity contribution >= 4 is 67.3 Å². The maximum atomic E-state index is 13.3. The topological polar surface area (TPSA) is 70.5 Å². The number of anilines is 1. The number of aliphatic hydroxyl groups is 1. The number of fused-ring (bicyclic) bond motifs is 1. The number of aliphatic hydroxyl groups excluding tert-OH is 1. The number of para-hydroxylation sites is 1. The van der Waals surface area contributed by atoms with E-state index in [1.54, 1.807) is 30.3 Å². The number of halogens is 2. The second-order valence-corrected chi connectivity index (χ2v) is 9.52. The summed E-state index contributed by atoms with van der Waals surface area (Å²) in [7, 11) is 0. The van der Waals surface area contributed by atoms with Crippen molar-refractivity contribution in [3.05, 3.63) is 99.0 Å². The van der Waals surface area contributed by atoms with Crippen LogP contribution in [0.5, 0.6) is 0 Å². The van der Waals surface area contributed by atoms with Crippen molar-refractivity contribution in [2.75, 3.05) is 4.90 Å². The molecule has 4 aromatic rings. The number of carbonyl (C=O) groups is 2. The molecule has 1 fully saturated rings. The van der Waals surface area contributed by atoms with E-state index in [1.807, 2.05) is 43.3 Å². The number of Topliss-reactive ketones (excluding diaryl/α,β-unsaturated/α-hetero) is 1. The van der Waals surface area contributed by atoms with Crippen LogP contribution in [0.1, 0.15) is 22.7 Å². The van der Waals surface area contributed by atoms with Crippen LogP contribution in [-0.2, 0) is 9.59 Å². The van der Waals surface area contributed by atoms with Gasteiger partial charge in [0.15, 0.2) is 5.13 Å². The molecular weight excluding hydrogens is 479 g/mol. The summed E-state index contributed by atoms with van der Waals surface area (Å²) < 4.78 is 0.869. The summed E-state index contributed by atoms with van der Waals surface area (Å²) in [4.78, 5) is 32.4. The van der Waals surface area contributed by atoms with Gasteiger partial charge >= 0.3 is 5.91 Å². The van der Waals surface area contributed by atoms with Gasteiger partial charge in [-0.25, -0.2) is 4.98 Å². The van der Waals surface area contributed by atoms with Gasteiger partial charge in [-0.2, -0.15) is 0 Å². The van der Waals surface area contributed by atoms with E-state index in [2.05, 4.69) is 4.98 Å². The van der Waals surface area contributed by atoms with Crippen LogP contribution < -0.4 is 4.90 Å². The van der Waals surface area contributed by atoms with Crippen LogP contribution in [0.15, 0.2) is 72.3 Å². The van der Waals surface area contributed by atoms with E-state index in [9.17, 15) is 14.7 Å². The molecule has 1 saturated heterocycles. The smallest absolute Gasteiger partial charge is 0.301 e. The van der Waals surface area contributed by atoms with Gasteiger partial charge in [-0.1, -0.05) is 82.6 Å². The Morgan fingerprint density at radius 3 is 2.45 bits per heavy atom. The predicted molar refractivity (Wildman–Crippen MR) is 132 cm³/mol. The standard InChI is InChI=1S/C25H16Cl2N2O3S/c1-13-6-8-14(9-7-13)22(30)20-21(16-11-10-15(26)12-17(16)27)29(24(32)23(20)31)25-28-18-4-2-3-5-19(18)33-25/h2-12,21,30H,1H3/t21-/m1/s1. The van der Waals surface area contributed by atoms with E-state index >= 15 is 0 Å². The van der Waals surface area contributed by atoms with Crippen LogP contribution in [0.4, 0.5) is 5.13 Å². The van der Waals surface area contributed by atoms with E-state index in [4.69, 9.17) is 23.2 Å². The summed E-state index contributed by atoms with van der Waals surface area (Å²) in [6, 6.07) is 18.4. The molecule has 1 amide bonds. The average molecular weight is 495 g/mol. The highest BCUT2D eigenvalue weighted by Crippen LogP contribution is 2.46. The Hall–Kier alpha value is -3.19. The molecule has 0 bridgehead atoms. The molecule has 5 rings (SSSR count). The summed E-state index contributed by atoms with van der Waals surface area (Å²) in [6.45, 7) is 1.92. The first-order valence-corrected chi connectivity index (χ1v) is 11.6. The summed E-state index contributed by atoms with van der Waals surface area (Å²) in [5.74, 6) is -1.85. The third-order valence-corrected chi connectivity index (χ3v) is 7.11. The average Bonchev–Trinajstić information content (AvgIpc) is 3.32. The minimum absolute atomic E-state index is 0.0488. The zero-order valence-corrected chi connectivity index (χ0v) is 19.6. The fraction of sp³-hybridized carbons (Fsp3) is 0.0800. The van der Waals surface area contributed by atoms with Crippen LogP contribution in [0.2, 0.25) is 10.0 Å². The first kappa shape index (κ1) is 21.6. The number of hydrogen-bond donors (Lipinski definition) is 1. The number of rotatable bonds is 3. The summed E-state index contributed by atoms with van der Waals surface area (Å²) in [5, 5.41) is 12.2. The third-order valence-electron chi connectivity index (χ3n) is 5.52. The molecule has 5 nitrogen and oxygen atoms in total. The third kappa shape index (κ3) is 3.70. The van der Waals surface area contributed by atoms with Crippen molar-refractivity contribution in [3.63, 3.8) is 0 Å². The van der Waals surface area contributed by atoms with Crippen LogP contribution in [0.3, 0.4) is 0 Å². The van der Waals surface area contributed by atoms with E-state index in [1.165, 1.54) is 16.2 Å². The Kier molecular flexibility index (Phi) is 5.44. The van der Waals surface area contributed by atoms with Gasteiger partial charge in [-0.15, -0.1) is 0 Å². The van der Waals surface area contributed by atoms with Gasteiger partial charge in [0.05, 0.1) is 21.8 Å². The number of benzene rings is 3. The largest absolute Gasteiger partial charge is 0.507 e. The van der Waals surface area contributed by atoms with E-state index in [0.717, 1.165) is 10.3 Å². The molecule has 0 aliphatic carbocycles. The molecule has 2 heterocycles. The molecule has 0 unspecified atom stereocenters. The number of aromatic nitrogens is 1. The van der Waals surface area contributed by atoms with Gasteiger partial charge in [0.1, 0.15) is 5.76 Å². The van der Waals surface area contributed by atoms with Crippen molar-refractivity contribution < 1.29 is 14.7 Å². The van der Waals surface area contributed by atoms with Crippen LogP contribution >= 0.6 is 34.5 Å². The van der Waals surface area contributed by atoms with Crippen LogP contribution in [0, 0.1) is 6.92 Å². The molecule has 0 saturated carbocycles. The molecule has 164 valence electrons. The highest BCUT2D eigenvalue weighted by atomic mass is 35.5. The Balaban J connectivity index is 1.76. The zero-order valence-electron chi connectivity index (χ0n) is 17.3. The molecule has 3 aromatic carbocycles. The molecule has 1 aliphatic rings. The van der Waals surface area contributed by atoms with Crippen molar-refractivity contribution in [1.29, 1.82) is 0 Å². The first-order valence-electron chi connectivity index (χ1n) is 10.0. The Morgan fingerprint density at radius 2 is 1.76 bits per heavy atom. The SMILES string of the molecule is Cc1ccc(C(O)=C2C(=O)C(=O)N(c3nc4ccccc4s3)[C@@H]2c2ccc(Cl)cc2Cl)cc1. The van der Waals surface area contributed by atoms with E-state index < -0.39 is 17.7 Å². The lowest BCUT2D eigenvalue weighted by molar-refractivity contribution is -0.132. The normalized spacial score (nSPS) is 17.8. The number of aryl methyl sites for hydroxylation is 1. The number of ketones is 1. The van der Waals surface area contributed by atoms with Gasteiger partial charge in [-0.05, 0) is 36.8 Å². The number of hydrogen-bond acceptors (Lipinski definition) is 5. The molecule has 33 heavy (non-hydrogen) atoms. The van der Waals surface area contributed by atoms with Gasteiger partial charge < -0.3 is 5.11 Å². The number of carbonyl (C=O) groups excluding carboxylic acids is 2. The minimum atomic E-state index is -0.961. The maximum Gasteiger partial charge on any atom is 0.301 e. The molecule has 1 atom stereocenters. The van der Waals surface area contributed by atoms with E-state index in [0.29, 0.717) is 26.8 Å². The van der Waals surface area contributed by atoms with Gasteiger partial charge in [0.2, 0.25) is 0 Å². The molecule has 0 spiro atoms.